The van der Waals surface area contributed by atoms with Gasteiger partial charge in [-0.1, -0.05) is 164 Å². The minimum Gasteiger partial charge on any atom is -0.310 e. The SMILES string of the molecule is c1ccc2cc3c(-c4ccc(N(c5ccc(-c6c7ccccc7cc7ccccc67)cc5)c5cc6ccccc6c6ccccc56)cc4)cccc3cc2c1. The van der Waals surface area contributed by atoms with E-state index < -0.39 is 0 Å². The third kappa shape index (κ3) is 5.24. The fourth-order valence-electron chi connectivity index (χ4n) is 8.76. The minimum atomic E-state index is 1.11. The fraction of sp³-hybridized carbons (Fsp3) is 0. The smallest absolute Gasteiger partial charge is 0.0546 e. The zero-order chi connectivity index (χ0) is 36.3. The van der Waals surface area contributed by atoms with Gasteiger partial charge in [-0.25, -0.2) is 0 Å². The van der Waals surface area contributed by atoms with Crippen molar-refractivity contribution in [2.75, 3.05) is 4.90 Å². The van der Waals surface area contributed by atoms with Crippen molar-refractivity contribution in [1.29, 1.82) is 0 Å². The van der Waals surface area contributed by atoms with Gasteiger partial charge in [0.25, 0.3) is 0 Å². The van der Waals surface area contributed by atoms with Crippen molar-refractivity contribution in [2.24, 2.45) is 0 Å². The van der Waals surface area contributed by atoms with Crippen LogP contribution in [0.2, 0.25) is 0 Å². The van der Waals surface area contributed by atoms with Gasteiger partial charge in [0.1, 0.15) is 0 Å². The van der Waals surface area contributed by atoms with Gasteiger partial charge in [-0.2, -0.15) is 0 Å². The molecule has 0 saturated heterocycles. The van der Waals surface area contributed by atoms with Gasteiger partial charge in [0.2, 0.25) is 0 Å². The Hall–Kier alpha value is -7.22. The number of fused-ring (bicyclic) bond motifs is 7. The Morgan fingerprint density at radius 3 is 1.33 bits per heavy atom. The van der Waals surface area contributed by atoms with E-state index in [0.717, 1.165) is 17.1 Å². The first-order chi connectivity index (χ1) is 27.3. The van der Waals surface area contributed by atoms with Crippen LogP contribution >= 0.6 is 0 Å². The summed E-state index contributed by atoms with van der Waals surface area (Å²) in [4.78, 5) is 2.43. The van der Waals surface area contributed by atoms with Crippen molar-refractivity contribution < 1.29 is 0 Å². The van der Waals surface area contributed by atoms with Crippen molar-refractivity contribution in [2.45, 2.75) is 0 Å². The molecule has 0 aliphatic heterocycles. The molecule has 0 spiro atoms. The summed E-state index contributed by atoms with van der Waals surface area (Å²) in [6, 6.07) is 77.9. The predicted molar refractivity (Wildman–Crippen MR) is 237 cm³/mol. The fourth-order valence-corrected chi connectivity index (χ4v) is 8.76. The summed E-state index contributed by atoms with van der Waals surface area (Å²) in [5, 5.41) is 15.0. The van der Waals surface area contributed by atoms with Gasteiger partial charge in [-0.05, 0) is 130 Å². The molecule has 0 bridgehead atoms. The maximum absolute atomic E-state index is 2.43. The molecule has 0 fully saturated rings. The highest BCUT2D eigenvalue weighted by Crippen LogP contribution is 2.44. The molecule has 0 aromatic heterocycles. The van der Waals surface area contributed by atoms with E-state index in [4.69, 9.17) is 0 Å². The van der Waals surface area contributed by atoms with Crippen LogP contribution in [0.3, 0.4) is 0 Å². The lowest BCUT2D eigenvalue weighted by Gasteiger charge is -2.28. The van der Waals surface area contributed by atoms with E-state index >= 15 is 0 Å². The van der Waals surface area contributed by atoms with Gasteiger partial charge in [0.15, 0.2) is 0 Å². The molecular weight excluding hydrogens is 663 g/mol. The quantitative estimate of drug-likeness (QED) is 0.128. The first-order valence-electron chi connectivity index (χ1n) is 19.0. The summed E-state index contributed by atoms with van der Waals surface area (Å²) in [5.74, 6) is 0. The van der Waals surface area contributed by atoms with Crippen LogP contribution < -0.4 is 4.90 Å². The number of hydrogen-bond acceptors (Lipinski definition) is 1. The van der Waals surface area contributed by atoms with Gasteiger partial charge in [0, 0.05) is 16.8 Å². The summed E-state index contributed by atoms with van der Waals surface area (Å²) in [5.41, 5.74) is 8.29. The highest BCUT2D eigenvalue weighted by Gasteiger charge is 2.19. The van der Waals surface area contributed by atoms with Gasteiger partial charge < -0.3 is 4.90 Å². The summed E-state index contributed by atoms with van der Waals surface area (Å²) in [6.07, 6.45) is 0. The van der Waals surface area contributed by atoms with Crippen LogP contribution in [-0.4, -0.2) is 0 Å². The molecule has 0 unspecified atom stereocenters. The molecule has 11 aromatic carbocycles. The molecule has 0 radical (unpaired) electrons. The highest BCUT2D eigenvalue weighted by atomic mass is 15.1. The average Bonchev–Trinajstić information content (AvgIpc) is 3.25. The predicted octanol–water partition coefficient (Wildman–Crippen LogP) is 15.4. The van der Waals surface area contributed by atoms with Crippen molar-refractivity contribution in [3.05, 3.63) is 212 Å². The first kappa shape index (κ1) is 31.3. The Balaban J connectivity index is 1.09. The molecule has 0 aliphatic carbocycles. The van der Waals surface area contributed by atoms with Crippen molar-refractivity contribution in [3.63, 3.8) is 0 Å². The van der Waals surface area contributed by atoms with Crippen molar-refractivity contribution in [1.82, 2.24) is 0 Å². The van der Waals surface area contributed by atoms with E-state index in [9.17, 15) is 0 Å². The van der Waals surface area contributed by atoms with Crippen LogP contribution in [-0.2, 0) is 0 Å². The second kappa shape index (κ2) is 12.7. The van der Waals surface area contributed by atoms with Crippen molar-refractivity contribution in [3.8, 4) is 22.3 Å². The Morgan fingerprint density at radius 1 is 0.255 bits per heavy atom. The van der Waals surface area contributed by atoms with E-state index in [-0.39, 0.29) is 0 Å². The summed E-state index contributed by atoms with van der Waals surface area (Å²) in [7, 11) is 0. The molecule has 11 rings (SSSR count). The maximum Gasteiger partial charge on any atom is 0.0546 e. The average molecular weight is 698 g/mol. The molecule has 0 aliphatic rings. The largest absolute Gasteiger partial charge is 0.310 e. The van der Waals surface area contributed by atoms with Crippen LogP contribution in [0.5, 0.6) is 0 Å². The van der Waals surface area contributed by atoms with E-state index in [0.29, 0.717) is 0 Å². The molecule has 0 N–H and O–H groups in total. The zero-order valence-corrected chi connectivity index (χ0v) is 30.2. The van der Waals surface area contributed by atoms with Gasteiger partial charge in [-0.3, -0.25) is 0 Å². The topological polar surface area (TPSA) is 3.24 Å². The Morgan fingerprint density at radius 2 is 0.691 bits per heavy atom. The molecule has 55 heavy (non-hydrogen) atoms. The third-order valence-corrected chi connectivity index (χ3v) is 11.4. The van der Waals surface area contributed by atoms with Crippen molar-refractivity contribution >= 4 is 81.7 Å². The lowest BCUT2D eigenvalue weighted by Crippen LogP contribution is -2.10. The lowest BCUT2D eigenvalue weighted by molar-refractivity contribution is 1.30. The van der Waals surface area contributed by atoms with Gasteiger partial charge >= 0.3 is 0 Å². The summed E-state index contributed by atoms with van der Waals surface area (Å²) >= 11 is 0. The number of nitrogens with zero attached hydrogens (tertiary/aromatic N) is 1. The van der Waals surface area contributed by atoms with Crippen LogP contribution in [0.1, 0.15) is 0 Å². The van der Waals surface area contributed by atoms with E-state index in [2.05, 4.69) is 217 Å². The molecule has 0 saturated carbocycles. The standard InChI is InChI=1S/C54H35N/c1-2-13-39-34-52-42(32-38(39)12-1)17-11-23-46(52)36-24-28-44(29-25-36)55(53-35-43-16-3-6-18-47(43)50-21-9-10-22-51(50)53)45-30-26-37(27-31-45)54-48-19-7-4-14-40(48)33-41-15-5-8-20-49(41)54/h1-35H. The Bertz CT molecular complexity index is 3190. The third-order valence-electron chi connectivity index (χ3n) is 11.4. The number of benzene rings is 11. The minimum absolute atomic E-state index is 1.11. The molecule has 11 aromatic rings. The molecule has 1 heteroatoms. The zero-order valence-electron chi connectivity index (χ0n) is 30.2. The Labute approximate surface area is 320 Å². The molecule has 0 heterocycles. The maximum atomic E-state index is 2.43. The molecule has 0 amide bonds. The summed E-state index contributed by atoms with van der Waals surface area (Å²) < 4.78 is 0. The van der Waals surface area contributed by atoms with Gasteiger partial charge in [0.05, 0.1) is 5.69 Å². The van der Waals surface area contributed by atoms with Crippen LogP contribution in [0.4, 0.5) is 17.1 Å². The van der Waals surface area contributed by atoms with E-state index in [1.165, 1.54) is 86.9 Å². The number of anilines is 3. The molecule has 0 atom stereocenters. The van der Waals surface area contributed by atoms with Crippen LogP contribution in [0.15, 0.2) is 212 Å². The Kier molecular flexibility index (Phi) is 7.25. The van der Waals surface area contributed by atoms with E-state index in [1.807, 2.05) is 0 Å². The second-order valence-electron chi connectivity index (χ2n) is 14.5. The van der Waals surface area contributed by atoms with Crippen LogP contribution in [0, 0.1) is 0 Å². The lowest BCUT2D eigenvalue weighted by atomic mass is 9.92. The molecule has 256 valence electrons. The normalized spacial score (nSPS) is 11.6. The number of hydrogen-bond donors (Lipinski definition) is 0. The second-order valence-corrected chi connectivity index (χ2v) is 14.5. The summed E-state index contributed by atoms with van der Waals surface area (Å²) in [6.45, 7) is 0. The van der Waals surface area contributed by atoms with E-state index in [1.54, 1.807) is 0 Å². The number of rotatable bonds is 5. The van der Waals surface area contributed by atoms with Crippen LogP contribution in [0.25, 0.3) is 86.9 Å². The first-order valence-corrected chi connectivity index (χ1v) is 19.0. The molecule has 1 nitrogen and oxygen atoms in total. The van der Waals surface area contributed by atoms with Gasteiger partial charge in [-0.15, -0.1) is 0 Å². The molecular formula is C54H35N. The highest BCUT2D eigenvalue weighted by molar-refractivity contribution is 6.15. The monoisotopic (exact) mass is 697 g/mol.